The summed E-state index contributed by atoms with van der Waals surface area (Å²) in [5.41, 5.74) is 2.03. The molecule has 0 aromatic heterocycles. The van der Waals surface area contributed by atoms with Crippen molar-refractivity contribution in [3.63, 3.8) is 0 Å². The minimum absolute atomic E-state index is 0.851. The van der Waals surface area contributed by atoms with Crippen molar-refractivity contribution in [3.05, 3.63) is 18.2 Å². The zero-order chi connectivity index (χ0) is 8.97. The zero-order valence-corrected chi connectivity index (χ0v) is 7.64. The minimum atomic E-state index is 0.851. The highest BCUT2D eigenvalue weighted by molar-refractivity contribution is 5.75. The summed E-state index contributed by atoms with van der Waals surface area (Å²) in [5, 5.41) is 6.16. The lowest BCUT2D eigenvalue weighted by Crippen LogP contribution is -1.98. The number of hydrogen-bond donors (Lipinski definition) is 2. The number of ether oxygens (including phenoxy) is 1. The maximum absolute atomic E-state index is 5.18. The summed E-state index contributed by atoms with van der Waals surface area (Å²) in [5.74, 6) is 0.851. The van der Waals surface area contributed by atoms with E-state index in [9.17, 15) is 0 Å². The number of benzene rings is 1. The van der Waals surface area contributed by atoms with Crippen molar-refractivity contribution in [2.24, 2.45) is 0 Å². The van der Waals surface area contributed by atoms with Gasteiger partial charge in [-0.1, -0.05) is 6.07 Å². The fourth-order valence-electron chi connectivity index (χ4n) is 1.17. The molecule has 1 rings (SSSR count). The van der Waals surface area contributed by atoms with Gasteiger partial charge in [0.1, 0.15) is 5.75 Å². The van der Waals surface area contributed by atoms with Crippen LogP contribution in [0.2, 0.25) is 0 Å². The van der Waals surface area contributed by atoms with Gasteiger partial charge >= 0.3 is 0 Å². The lowest BCUT2D eigenvalue weighted by molar-refractivity contribution is 0.417. The van der Waals surface area contributed by atoms with E-state index < -0.39 is 0 Å². The molecule has 0 unspecified atom stereocenters. The Labute approximate surface area is 72.7 Å². The van der Waals surface area contributed by atoms with Gasteiger partial charge < -0.3 is 15.4 Å². The van der Waals surface area contributed by atoms with E-state index in [1.165, 1.54) is 0 Å². The molecule has 3 heteroatoms. The third kappa shape index (κ3) is 1.44. The van der Waals surface area contributed by atoms with Gasteiger partial charge in [-0.3, -0.25) is 0 Å². The van der Waals surface area contributed by atoms with Gasteiger partial charge in [-0.25, -0.2) is 0 Å². The molecule has 1 aromatic carbocycles. The first-order valence-electron chi connectivity index (χ1n) is 3.86. The Bertz CT molecular complexity index is 238. The van der Waals surface area contributed by atoms with Crippen molar-refractivity contribution in [2.75, 3.05) is 31.8 Å². The third-order valence-corrected chi connectivity index (χ3v) is 1.77. The smallest absolute Gasteiger partial charge is 0.144 e. The number of nitrogens with one attached hydrogen (secondary N) is 2. The number of para-hydroxylation sites is 1. The second-order valence-corrected chi connectivity index (χ2v) is 2.38. The van der Waals surface area contributed by atoms with Crippen LogP contribution in [0.4, 0.5) is 11.4 Å². The van der Waals surface area contributed by atoms with Gasteiger partial charge in [-0.2, -0.15) is 0 Å². The number of anilines is 2. The van der Waals surface area contributed by atoms with Crippen LogP contribution >= 0.6 is 0 Å². The van der Waals surface area contributed by atoms with Crippen LogP contribution < -0.4 is 15.4 Å². The number of rotatable bonds is 3. The monoisotopic (exact) mass is 166 g/mol. The fourth-order valence-corrected chi connectivity index (χ4v) is 1.17. The van der Waals surface area contributed by atoms with Crippen molar-refractivity contribution in [3.8, 4) is 5.75 Å². The molecule has 3 nitrogen and oxygen atoms in total. The van der Waals surface area contributed by atoms with Crippen LogP contribution in [0.3, 0.4) is 0 Å². The molecule has 0 bridgehead atoms. The molecule has 0 saturated carbocycles. The summed E-state index contributed by atoms with van der Waals surface area (Å²) in [7, 11) is 5.42. The van der Waals surface area contributed by atoms with Crippen molar-refractivity contribution in [1.82, 2.24) is 0 Å². The Morgan fingerprint density at radius 3 is 2.42 bits per heavy atom. The first kappa shape index (κ1) is 8.71. The van der Waals surface area contributed by atoms with Crippen LogP contribution in [0.5, 0.6) is 5.75 Å². The van der Waals surface area contributed by atoms with E-state index in [1.807, 2.05) is 32.3 Å². The van der Waals surface area contributed by atoms with E-state index in [-0.39, 0.29) is 0 Å². The Morgan fingerprint density at radius 2 is 1.92 bits per heavy atom. The summed E-state index contributed by atoms with van der Waals surface area (Å²) < 4.78 is 5.18. The molecule has 0 heterocycles. The molecule has 1 aromatic rings. The maximum Gasteiger partial charge on any atom is 0.144 e. The van der Waals surface area contributed by atoms with Crippen molar-refractivity contribution in [2.45, 2.75) is 0 Å². The molecule has 0 aliphatic heterocycles. The number of methoxy groups -OCH3 is 1. The topological polar surface area (TPSA) is 33.3 Å². The summed E-state index contributed by atoms with van der Waals surface area (Å²) >= 11 is 0. The van der Waals surface area contributed by atoms with E-state index in [0.29, 0.717) is 0 Å². The fraction of sp³-hybridized carbons (Fsp3) is 0.333. The second kappa shape index (κ2) is 3.85. The van der Waals surface area contributed by atoms with E-state index in [2.05, 4.69) is 10.6 Å². The molecule has 0 aliphatic rings. The average molecular weight is 166 g/mol. The summed E-state index contributed by atoms with van der Waals surface area (Å²) in [6, 6.07) is 5.87. The van der Waals surface area contributed by atoms with Crippen LogP contribution in [-0.2, 0) is 0 Å². The van der Waals surface area contributed by atoms with Gasteiger partial charge in [0, 0.05) is 14.1 Å². The Morgan fingerprint density at radius 1 is 1.17 bits per heavy atom. The van der Waals surface area contributed by atoms with E-state index in [1.54, 1.807) is 7.11 Å². The van der Waals surface area contributed by atoms with Crippen LogP contribution in [0.1, 0.15) is 0 Å². The Hall–Kier alpha value is -1.38. The zero-order valence-electron chi connectivity index (χ0n) is 7.64. The summed E-state index contributed by atoms with van der Waals surface area (Å²) in [6.07, 6.45) is 0. The first-order chi connectivity index (χ1) is 5.83. The van der Waals surface area contributed by atoms with E-state index in [4.69, 9.17) is 4.74 Å². The lowest BCUT2D eigenvalue weighted by atomic mass is 10.2. The highest BCUT2D eigenvalue weighted by atomic mass is 16.5. The van der Waals surface area contributed by atoms with Crippen LogP contribution in [0, 0.1) is 0 Å². The molecule has 12 heavy (non-hydrogen) atoms. The second-order valence-electron chi connectivity index (χ2n) is 2.38. The van der Waals surface area contributed by atoms with Crippen LogP contribution in [0.25, 0.3) is 0 Å². The minimum Gasteiger partial charge on any atom is -0.495 e. The van der Waals surface area contributed by atoms with Crippen molar-refractivity contribution < 1.29 is 4.74 Å². The average Bonchev–Trinajstić information content (AvgIpc) is 2.16. The van der Waals surface area contributed by atoms with Crippen LogP contribution in [-0.4, -0.2) is 21.2 Å². The molecule has 0 atom stereocenters. The standard InChI is InChI=1S/C9H14N2O/c1-10-7-5-4-6-8(12-3)9(7)11-2/h4-6,10-11H,1-3H3. The Balaban J connectivity index is 3.13. The van der Waals surface area contributed by atoms with Gasteiger partial charge in [0.2, 0.25) is 0 Å². The largest absolute Gasteiger partial charge is 0.495 e. The van der Waals surface area contributed by atoms with Gasteiger partial charge in [0.15, 0.2) is 0 Å². The van der Waals surface area contributed by atoms with E-state index >= 15 is 0 Å². The predicted molar refractivity (Wildman–Crippen MR) is 52.1 cm³/mol. The summed E-state index contributed by atoms with van der Waals surface area (Å²) in [4.78, 5) is 0. The highest BCUT2D eigenvalue weighted by Crippen LogP contribution is 2.31. The molecule has 0 fully saturated rings. The van der Waals surface area contributed by atoms with E-state index in [0.717, 1.165) is 17.1 Å². The molecule has 0 spiro atoms. The van der Waals surface area contributed by atoms with Crippen molar-refractivity contribution in [1.29, 1.82) is 0 Å². The third-order valence-electron chi connectivity index (χ3n) is 1.77. The molecule has 0 aliphatic carbocycles. The first-order valence-corrected chi connectivity index (χ1v) is 3.86. The van der Waals surface area contributed by atoms with Gasteiger partial charge in [0.25, 0.3) is 0 Å². The van der Waals surface area contributed by atoms with Crippen molar-refractivity contribution >= 4 is 11.4 Å². The molecule has 2 N–H and O–H groups in total. The quantitative estimate of drug-likeness (QED) is 0.718. The highest BCUT2D eigenvalue weighted by Gasteiger charge is 2.04. The predicted octanol–water partition coefficient (Wildman–Crippen LogP) is 1.78. The molecular formula is C9H14N2O. The SMILES string of the molecule is CNc1cccc(OC)c1NC. The van der Waals surface area contributed by atoms with Gasteiger partial charge in [0.05, 0.1) is 18.5 Å². The molecular weight excluding hydrogens is 152 g/mol. The van der Waals surface area contributed by atoms with Gasteiger partial charge in [-0.15, -0.1) is 0 Å². The lowest BCUT2D eigenvalue weighted by Gasteiger charge is -2.12. The summed E-state index contributed by atoms with van der Waals surface area (Å²) in [6.45, 7) is 0. The molecule has 0 radical (unpaired) electrons. The molecule has 0 amide bonds. The maximum atomic E-state index is 5.18. The molecule has 66 valence electrons. The normalized spacial score (nSPS) is 9.25. The van der Waals surface area contributed by atoms with Gasteiger partial charge in [-0.05, 0) is 12.1 Å². The van der Waals surface area contributed by atoms with Crippen LogP contribution in [0.15, 0.2) is 18.2 Å². The molecule has 0 saturated heterocycles. The number of hydrogen-bond acceptors (Lipinski definition) is 3. The Kier molecular flexibility index (Phi) is 2.80.